The lowest BCUT2D eigenvalue weighted by Crippen LogP contribution is -2.45. The first kappa shape index (κ1) is 31.2. The zero-order valence-corrected chi connectivity index (χ0v) is 27.4. The monoisotopic (exact) mass is 658 g/mol. The molecule has 11 heteroatoms. The maximum Gasteiger partial charge on any atom is 0.256 e. The molecule has 3 aromatic rings. The van der Waals surface area contributed by atoms with E-state index in [1.165, 1.54) is 32.5 Å². The first-order valence-corrected chi connectivity index (χ1v) is 16.7. The smallest absolute Gasteiger partial charge is 0.256 e. The van der Waals surface area contributed by atoms with Gasteiger partial charge in [-0.15, -0.1) is 0 Å². The van der Waals surface area contributed by atoms with Crippen molar-refractivity contribution in [3.8, 4) is 17.2 Å². The van der Waals surface area contributed by atoms with Gasteiger partial charge in [-0.3, -0.25) is 9.00 Å². The lowest BCUT2D eigenvalue weighted by atomic mass is 9.85. The number of likely N-dealkylation sites (tertiary alicyclic amines) is 1. The molecule has 2 atom stereocenters. The first-order valence-electron chi connectivity index (χ1n) is 14.6. The highest BCUT2D eigenvalue weighted by Gasteiger charge is 2.48. The molecule has 1 spiro atoms. The van der Waals surface area contributed by atoms with Crippen molar-refractivity contribution in [2.75, 3.05) is 54.2 Å². The average Bonchev–Trinajstić information content (AvgIpc) is 3.60. The number of amides is 1. The van der Waals surface area contributed by atoms with E-state index in [9.17, 15) is 9.00 Å². The second-order valence-electron chi connectivity index (χ2n) is 11.5. The van der Waals surface area contributed by atoms with Crippen LogP contribution in [-0.2, 0) is 31.6 Å². The van der Waals surface area contributed by atoms with E-state index >= 15 is 0 Å². The second kappa shape index (κ2) is 12.5. The number of rotatable bonds is 8. The van der Waals surface area contributed by atoms with Crippen molar-refractivity contribution >= 4 is 39.9 Å². The predicted molar refractivity (Wildman–Crippen MR) is 171 cm³/mol. The molecule has 3 heterocycles. The van der Waals surface area contributed by atoms with Gasteiger partial charge >= 0.3 is 0 Å². The summed E-state index contributed by atoms with van der Waals surface area (Å²) >= 11 is 12.7. The van der Waals surface area contributed by atoms with Crippen LogP contribution < -0.4 is 14.2 Å². The van der Waals surface area contributed by atoms with Crippen LogP contribution in [0.5, 0.6) is 17.2 Å². The molecule has 0 bridgehead atoms. The van der Waals surface area contributed by atoms with Gasteiger partial charge in [0, 0.05) is 28.7 Å². The summed E-state index contributed by atoms with van der Waals surface area (Å²) in [5, 5.41) is 0.893. The van der Waals surface area contributed by atoms with Crippen LogP contribution in [0.4, 0.5) is 0 Å². The minimum absolute atomic E-state index is 0.106. The molecule has 0 aromatic heterocycles. The summed E-state index contributed by atoms with van der Waals surface area (Å²) < 4.78 is 35.9. The minimum Gasteiger partial charge on any atom is -0.493 e. The first-order chi connectivity index (χ1) is 21.2. The quantitative estimate of drug-likeness (QED) is 0.294. The van der Waals surface area contributed by atoms with Gasteiger partial charge in [0.15, 0.2) is 11.5 Å². The standard InChI is InChI=1S/C33H36Cl2N2O6S/c1-40-28-16-23(17-29(41-2)30(28)42-3)31(38)37-20-32(43-21-37,24-8-9-26(34)27(35)18-24)10-13-36-14-11-33(12-15-36)25-7-5-4-6-22(25)19-44(33)39/h4-9,16-18H,10-15,19-21H2,1-3H3/t32-,44?/m0/s1. The third-order valence-electron chi connectivity index (χ3n) is 9.31. The summed E-state index contributed by atoms with van der Waals surface area (Å²) in [5.41, 5.74) is 2.95. The minimum atomic E-state index is -0.912. The third kappa shape index (κ3) is 5.47. The van der Waals surface area contributed by atoms with Gasteiger partial charge in [-0.1, -0.05) is 53.5 Å². The molecule has 8 nitrogen and oxygen atoms in total. The summed E-state index contributed by atoms with van der Waals surface area (Å²) in [6, 6.07) is 17.2. The summed E-state index contributed by atoms with van der Waals surface area (Å²) in [6.45, 7) is 2.86. The van der Waals surface area contributed by atoms with Gasteiger partial charge in [0.1, 0.15) is 12.3 Å². The second-order valence-corrected chi connectivity index (χ2v) is 14.1. The molecular weight excluding hydrogens is 623 g/mol. The molecule has 1 amide bonds. The molecule has 0 N–H and O–H groups in total. The number of nitrogens with zero attached hydrogens (tertiary/aromatic N) is 2. The van der Waals surface area contributed by atoms with Crippen LogP contribution >= 0.6 is 23.2 Å². The van der Waals surface area contributed by atoms with Crippen LogP contribution in [0.3, 0.4) is 0 Å². The van der Waals surface area contributed by atoms with Crippen molar-refractivity contribution in [3.63, 3.8) is 0 Å². The largest absolute Gasteiger partial charge is 0.493 e. The summed E-state index contributed by atoms with van der Waals surface area (Å²) in [6.07, 6.45) is 2.34. The number of halogens is 2. The maximum absolute atomic E-state index is 13.8. The number of fused-ring (bicyclic) bond motifs is 2. The van der Waals surface area contributed by atoms with E-state index < -0.39 is 16.4 Å². The Labute approximate surface area is 270 Å². The van der Waals surface area contributed by atoms with Crippen LogP contribution in [0.1, 0.15) is 46.3 Å². The summed E-state index contributed by atoms with van der Waals surface area (Å²) in [5.74, 6) is 1.65. The van der Waals surface area contributed by atoms with Crippen LogP contribution in [0, 0.1) is 0 Å². The molecule has 2 fully saturated rings. The molecule has 0 radical (unpaired) electrons. The molecule has 3 aliphatic rings. The number of carbonyl (C=O) groups is 1. The predicted octanol–water partition coefficient (Wildman–Crippen LogP) is 5.99. The Bertz CT molecular complexity index is 1570. The highest BCUT2D eigenvalue weighted by molar-refractivity contribution is 7.85. The van der Waals surface area contributed by atoms with E-state index in [0.29, 0.717) is 51.6 Å². The Morgan fingerprint density at radius 3 is 2.32 bits per heavy atom. The van der Waals surface area contributed by atoms with Crippen LogP contribution in [-0.4, -0.2) is 74.2 Å². The highest BCUT2D eigenvalue weighted by atomic mass is 35.5. The van der Waals surface area contributed by atoms with Gasteiger partial charge in [0.25, 0.3) is 5.91 Å². The van der Waals surface area contributed by atoms with E-state index in [0.717, 1.165) is 38.0 Å². The fourth-order valence-corrected chi connectivity index (χ4v) is 9.03. The van der Waals surface area contributed by atoms with Crippen molar-refractivity contribution in [1.82, 2.24) is 9.80 Å². The number of benzene rings is 3. The van der Waals surface area contributed by atoms with Gasteiger partial charge in [-0.25, -0.2) is 0 Å². The maximum atomic E-state index is 13.8. The number of hydrogen-bond donors (Lipinski definition) is 0. The van der Waals surface area contributed by atoms with Crippen molar-refractivity contribution in [1.29, 1.82) is 0 Å². The molecule has 2 saturated heterocycles. The van der Waals surface area contributed by atoms with E-state index in [-0.39, 0.29) is 17.4 Å². The van der Waals surface area contributed by atoms with Gasteiger partial charge in [0.2, 0.25) is 5.75 Å². The third-order valence-corrected chi connectivity index (χ3v) is 12.1. The Hall–Kier alpha value is -2.82. The van der Waals surface area contributed by atoms with Crippen molar-refractivity contribution in [2.45, 2.75) is 35.4 Å². The normalized spacial score (nSPS) is 22.7. The average molecular weight is 660 g/mol. The molecule has 3 aromatic carbocycles. The highest BCUT2D eigenvalue weighted by Crippen LogP contribution is 2.47. The molecule has 0 aliphatic carbocycles. The van der Waals surface area contributed by atoms with Crippen LogP contribution in [0.2, 0.25) is 10.0 Å². The molecule has 6 rings (SSSR count). The van der Waals surface area contributed by atoms with Gasteiger partial charge < -0.3 is 28.7 Å². The Morgan fingerprint density at radius 1 is 0.955 bits per heavy atom. The Balaban J connectivity index is 1.21. The van der Waals surface area contributed by atoms with E-state index in [2.05, 4.69) is 23.1 Å². The zero-order chi connectivity index (χ0) is 31.1. The van der Waals surface area contributed by atoms with E-state index in [1.54, 1.807) is 23.1 Å². The van der Waals surface area contributed by atoms with Crippen molar-refractivity contribution in [3.05, 3.63) is 86.9 Å². The van der Waals surface area contributed by atoms with Crippen LogP contribution in [0.15, 0.2) is 54.6 Å². The number of carbonyl (C=O) groups excluding carboxylic acids is 1. The van der Waals surface area contributed by atoms with Crippen molar-refractivity contribution in [2.24, 2.45) is 0 Å². The van der Waals surface area contributed by atoms with E-state index in [4.69, 9.17) is 42.1 Å². The summed E-state index contributed by atoms with van der Waals surface area (Å²) in [4.78, 5) is 17.9. The number of hydrogen-bond acceptors (Lipinski definition) is 7. The van der Waals surface area contributed by atoms with Gasteiger partial charge in [-0.05, 0) is 73.3 Å². The Morgan fingerprint density at radius 2 is 1.66 bits per heavy atom. The molecule has 1 unspecified atom stereocenters. The van der Waals surface area contributed by atoms with E-state index in [1.807, 2.05) is 18.2 Å². The SMILES string of the molecule is COc1cc(C(=O)N2CO[C@](CCN3CCC4(CC3)c3ccccc3CS4=O)(c3ccc(Cl)c(Cl)c3)C2)cc(OC)c1OC. The van der Waals surface area contributed by atoms with Gasteiger partial charge in [-0.2, -0.15) is 0 Å². The lowest BCUT2D eigenvalue weighted by Gasteiger charge is -2.40. The van der Waals surface area contributed by atoms with Gasteiger partial charge in [0.05, 0.1) is 42.7 Å². The topological polar surface area (TPSA) is 77.5 Å². The molecule has 0 saturated carbocycles. The van der Waals surface area contributed by atoms with Crippen LogP contribution in [0.25, 0.3) is 0 Å². The number of ether oxygens (including phenoxy) is 4. The van der Waals surface area contributed by atoms with Crippen molar-refractivity contribution < 1.29 is 28.0 Å². The fourth-order valence-electron chi connectivity index (χ4n) is 6.83. The fraction of sp³-hybridized carbons (Fsp3) is 0.424. The lowest BCUT2D eigenvalue weighted by molar-refractivity contribution is -0.0129. The molecule has 3 aliphatic heterocycles. The zero-order valence-electron chi connectivity index (χ0n) is 25.1. The number of methoxy groups -OCH3 is 3. The molecule has 44 heavy (non-hydrogen) atoms. The Kier molecular flexibility index (Phi) is 8.87. The summed E-state index contributed by atoms with van der Waals surface area (Å²) in [7, 11) is 3.65. The number of piperidine rings is 1. The molecule has 234 valence electrons. The molecular formula is C33H36Cl2N2O6S.